The Hall–Kier alpha value is -2.07. The number of rotatable bonds is 4. The molecule has 1 N–H and O–H groups in total. The van der Waals surface area contributed by atoms with Gasteiger partial charge in [0.2, 0.25) is 5.91 Å². The van der Waals surface area contributed by atoms with Crippen molar-refractivity contribution in [2.45, 2.75) is 32.6 Å². The van der Waals surface area contributed by atoms with E-state index in [1.54, 1.807) is 6.20 Å². The SMILES string of the molecule is CC(C)c1cccc(NC(=O)C2CCN(c3ccc(Cl)cn3)CC2)c1. The van der Waals surface area contributed by atoms with Crippen LogP contribution in [0.25, 0.3) is 0 Å². The van der Waals surface area contributed by atoms with Crippen LogP contribution >= 0.6 is 11.6 Å². The number of benzene rings is 1. The summed E-state index contributed by atoms with van der Waals surface area (Å²) in [4.78, 5) is 19.1. The third kappa shape index (κ3) is 4.51. The lowest BCUT2D eigenvalue weighted by Gasteiger charge is -2.32. The lowest BCUT2D eigenvalue weighted by molar-refractivity contribution is -0.120. The van der Waals surface area contributed by atoms with Crippen molar-refractivity contribution in [3.63, 3.8) is 0 Å². The Morgan fingerprint density at radius 3 is 2.64 bits per heavy atom. The van der Waals surface area contributed by atoms with E-state index in [0.717, 1.165) is 37.4 Å². The minimum Gasteiger partial charge on any atom is -0.357 e. The van der Waals surface area contributed by atoms with Gasteiger partial charge in [-0.3, -0.25) is 4.79 Å². The molecule has 5 heteroatoms. The highest BCUT2D eigenvalue weighted by Gasteiger charge is 2.25. The van der Waals surface area contributed by atoms with Crippen molar-refractivity contribution in [3.05, 3.63) is 53.2 Å². The zero-order valence-electron chi connectivity index (χ0n) is 14.7. The third-order valence-electron chi connectivity index (χ3n) is 4.72. The first-order valence-corrected chi connectivity index (χ1v) is 9.18. The number of piperidine rings is 1. The molecule has 132 valence electrons. The van der Waals surface area contributed by atoms with Gasteiger partial charge in [-0.2, -0.15) is 0 Å². The molecule has 1 aromatic carbocycles. The van der Waals surface area contributed by atoms with Crippen LogP contribution in [0.15, 0.2) is 42.6 Å². The number of aromatic nitrogens is 1. The van der Waals surface area contributed by atoms with Gasteiger partial charge in [0.25, 0.3) is 0 Å². The highest BCUT2D eigenvalue weighted by atomic mass is 35.5. The van der Waals surface area contributed by atoms with Crippen molar-refractivity contribution in [2.75, 3.05) is 23.3 Å². The molecule has 1 aromatic heterocycles. The van der Waals surface area contributed by atoms with E-state index in [-0.39, 0.29) is 11.8 Å². The van der Waals surface area contributed by atoms with Gasteiger partial charge in [0.1, 0.15) is 5.82 Å². The molecule has 25 heavy (non-hydrogen) atoms. The summed E-state index contributed by atoms with van der Waals surface area (Å²) in [6.07, 6.45) is 3.33. The van der Waals surface area contributed by atoms with Crippen LogP contribution in [0.2, 0.25) is 5.02 Å². The van der Waals surface area contributed by atoms with Crippen LogP contribution in [0.4, 0.5) is 11.5 Å². The van der Waals surface area contributed by atoms with Gasteiger partial charge in [0.15, 0.2) is 0 Å². The van der Waals surface area contributed by atoms with E-state index in [1.165, 1.54) is 5.56 Å². The van der Waals surface area contributed by atoms with Crippen molar-refractivity contribution in [1.82, 2.24) is 4.98 Å². The Morgan fingerprint density at radius 1 is 1.24 bits per heavy atom. The third-order valence-corrected chi connectivity index (χ3v) is 4.95. The van der Waals surface area contributed by atoms with Gasteiger partial charge in [-0.25, -0.2) is 4.98 Å². The van der Waals surface area contributed by atoms with Crippen LogP contribution in [0, 0.1) is 5.92 Å². The van der Waals surface area contributed by atoms with Crippen molar-refractivity contribution in [1.29, 1.82) is 0 Å². The number of pyridine rings is 1. The molecule has 0 aliphatic carbocycles. The molecule has 1 fully saturated rings. The summed E-state index contributed by atoms with van der Waals surface area (Å²) in [6, 6.07) is 11.9. The first kappa shape index (κ1) is 17.7. The molecule has 2 aromatic rings. The molecule has 0 radical (unpaired) electrons. The summed E-state index contributed by atoms with van der Waals surface area (Å²) in [6.45, 7) is 5.97. The van der Waals surface area contributed by atoms with Gasteiger partial charge in [0.05, 0.1) is 5.02 Å². The van der Waals surface area contributed by atoms with Crippen LogP contribution < -0.4 is 10.2 Å². The standard InChI is InChI=1S/C20H24ClN3O/c1-14(2)16-4-3-5-18(12-16)23-20(25)15-8-10-24(11-9-15)19-7-6-17(21)13-22-19/h3-7,12-15H,8-11H2,1-2H3,(H,23,25). The smallest absolute Gasteiger partial charge is 0.227 e. The molecule has 1 aliphatic rings. The molecule has 0 unspecified atom stereocenters. The molecule has 0 spiro atoms. The number of amides is 1. The lowest BCUT2D eigenvalue weighted by Crippen LogP contribution is -2.38. The summed E-state index contributed by atoms with van der Waals surface area (Å²) >= 11 is 5.89. The first-order chi connectivity index (χ1) is 12.0. The highest BCUT2D eigenvalue weighted by Crippen LogP contribution is 2.25. The van der Waals surface area contributed by atoms with Gasteiger partial charge in [-0.05, 0) is 48.6 Å². The van der Waals surface area contributed by atoms with Gasteiger partial charge >= 0.3 is 0 Å². The predicted octanol–water partition coefficient (Wildman–Crippen LogP) is 4.71. The van der Waals surface area contributed by atoms with E-state index in [0.29, 0.717) is 10.9 Å². The molecule has 1 saturated heterocycles. The quantitative estimate of drug-likeness (QED) is 0.861. The first-order valence-electron chi connectivity index (χ1n) is 8.80. The molecule has 0 atom stereocenters. The molecular weight excluding hydrogens is 334 g/mol. The number of carbonyl (C=O) groups is 1. The lowest BCUT2D eigenvalue weighted by atomic mass is 9.95. The molecule has 0 saturated carbocycles. The molecule has 2 heterocycles. The average molecular weight is 358 g/mol. The Morgan fingerprint density at radius 2 is 2.00 bits per heavy atom. The monoisotopic (exact) mass is 357 g/mol. The minimum atomic E-state index is 0.0475. The van der Waals surface area contributed by atoms with Crippen molar-refractivity contribution < 1.29 is 4.79 Å². The number of carbonyl (C=O) groups excluding carboxylic acids is 1. The molecular formula is C20H24ClN3O. The van der Waals surface area contributed by atoms with Crippen LogP contribution in [-0.4, -0.2) is 24.0 Å². The second-order valence-corrected chi connectivity index (χ2v) is 7.30. The molecule has 0 bridgehead atoms. The number of hydrogen-bond acceptors (Lipinski definition) is 3. The van der Waals surface area contributed by atoms with Crippen molar-refractivity contribution in [3.8, 4) is 0 Å². The van der Waals surface area contributed by atoms with E-state index in [9.17, 15) is 4.79 Å². The average Bonchev–Trinajstić information content (AvgIpc) is 2.63. The van der Waals surface area contributed by atoms with Crippen molar-refractivity contribution in [2.24, 2.45) is 5.92 Å². The van der Waals surface area contributed by atoms with Crippen LogP contribution in [-0.2, 0) is 4.79 Å². The van der Waals surface area contributed by atoms with E-state index >= 15 is 0 Å². The summed E-state index contributed by atoms with van der Waals surface area (Å²) in [5.41, 5.74) is 2.12. The maximum Gasteiger partial charge on any atom is 0.227 e. The van der Waals surface area contributed by atoms with Gasteiger partial charge < -0.3 is 10.2 Å². The minimum absolute atomic E-state index is 0.0475. The summed E-state index contributed by atoms with van der Waals surface area (Å²) in [7, 11) is 0. The Bertz CT molecular complexity index is 722. The molecule has 4 nitrogen and oxygen atoms in total. The van der Waals surface area contributed by atoms with E-state index in [4.69, 9.17) is 11.6 Å². The number of nitrogens with one attached hydrogen (secondary N) is 1. The fourth-order valence-electron chi connectivity index (χ4n) is 3.15. The van der Waals surface area contributed by atoms with Crippen LogP contribution in [0.1, 0.15) is 38.2 Å². The van der Waals surface area contributed by atoms with E-state index < -0.39 is 0 Å². The Labute approximate surface area is 154 Å². The fourth-order valence-corrected chi connectivity index (χ4v) is 3.26. The molecule has 3 rings (SSSR count). The van der Waals surface area contributed by atoms with Crippen LogP contribution in [0.5, 0.6) is 0 Å². The van der Waals surface area contributed by atoms with Crippen LogP contribution in [0.3, 0.4) is 0 Å². The number of anilines is 2. The topological polar surface area (TPSA) is 45.2 Å². The summed E-state index contributed by atoms with van der Waals surface area (Å²) in [5.74, 6) is 1.54. The second-order valence-electron chi connectivity index (χ2n) is 6.87. The summed E-state index contributed by atoms with van der Waals surface area (Å²) < 4.78 is 0. The summed E-state index contributed by atoms with van der Waals surface area (Å²) in [5, 5.41) is 3.72. The zero-order chi connectivity index (χ0) is 17.8. The van der Waals surface area contributed by atoms with Crippen molar-refractivity contribution >= 4 is 29.0 Å². The van der Waals surface area contributed by atoms with E-state index in [2.05, 4.69) is 41.2 Å². The van der Waals surface area contributed by atoms with Gasteiger partial charge in [0, 0.05) is 30.9 Å². The normalized spacial score (nSPS) is 15.4. The number of halogens is 1. The maximum absolute atomic E-state index is 12.6. The van der Waals surface area contributed by atoms with Gasteiger partial charge in [-0.1, -0.05) is 37.6 Å². The Kier molecular flexibility index (Phi) is 5.59. The molecule has 1 aliphatic heterocycles. The number of nitrogens with zero attached hydrogens (tertiary/aromatic N) is 2. The predicted molar refractivity (Wildman–Crippen MR) is 103 cm³/mol. The second kappa shape index (κ2) is 7.87. The fraction of sp³-hybridized carbons (Fsp3) is 0.400. The highest BCUT2D eigenvalue weighted by molar-refractivity contribution is 6.30. The Balaban J connectivity index is 1.56. The zero-order valence-corrected chi connectivity index (χ0v) is 15.5. The van der Waals surface area contributed by atoms with Gasteiger partial charge in [-0.15, -0.1) is 0 Å². The maximum atomic E-state index is 12.6. The van der Waals surface area contributed by atoms with E-state index in [1.807, 2.05) is 24.3 Å². The number of hydrogen-bond donors (Lipinski definition) is 1. The molecule has 1 amide bonds. The largest absolute Gasteiger partial charge is 0.357 e.